The van der Waals surface area contributed by atoms with E-state index in [1.165, 1.54) is 12.8 Å². The second-order valence-corrected chi connectivity index (χ2v) is 4.92. The van der Waals surface area contributed by atoms with Gasteiger partial charge in [-0.2, -0.15) is 13.2 Å². The molecule has 1 N–H and O–H groups in total. The molecule has 1 aliphatic rings. The molecule has 0 aromatic carbocycles. The zero-order chi connectivity index (χ0) is 14.0. The van der Waals surface area contributed by atoms with Crippen LogP contribution < -0.4 is 0 Å². The smallest absolute Gasteiger partial charge is 0.357 e. The SMILES string of the molecule is CCN(CCC1CC1)C(=O)c1c[nH]c(C(F)(F)F)c1. The molecule has 1 heterocycles. The van der Waals surface area contributed by atoms with Crippen LogP contribution in [0.25, 0.3) is 0 Å². The Kier molecular flexibility index (Phi) is 3.87. The molecule has 3 nitrogen and oxygen atoms in total. The van der Waals surface area contributed by atoms with Gasteiger partial charge in [-0.05, 0) is 25.3 Å². The molecule has 1 fully saturated rings. The lowest BCUT2D eigenvalue weighted by Gasteiger charge is -2.20. The van der Waals surface area contributed by atoms with Crippen molar-refractivity contribution < 1.29 is 18.0 Å². The molecule has 0 saturated heterocycles. The molecule has 2 rings (SSSR count). The average Bonchev–Trinajstić information content (AvgIpc) is 3.02. The van der Waals surface area contributed by atoms with E-state index in [4.69, 9.17) is 0 Å². The number of halogens is 3. The normalized spacial score (nSPS) is 15.6. The van der Waals surface area contributed by atoms with E-state index in [9.17, 15) is 18.0 Å². The molecule has 106 valence electrons. The van der Waals surface area contributed by atoms with Crippen LogP contribution in [0.15, 0.2) is 12.3 Å². The molecule has 0 aliphatic heterocycles. The van der Waals surface area contributed by atoms with Crippen LogP contribution >= 0.6 is 0 Å². The molecule has 0 radical (unpaired) electrons. The molecule has 0 bridgehead atoms. The molecule has 1 aromatic heterocycles. The van der Waals surface area contributed by atoms with E-state index in [-0.39, 0.29) is 11.5 Å². The predicted octanol–water partition coefficient (Wildman–Crippen LogP) is 3.30. The summed E-state index contributed by atoms with van der Waals surface area (Å²) in [4.78, 5) is 15.8. The summed E-state index contributed by atoms with van der Waals surface area (Å²) in [5, 5.41) is 0. The van der Waals surface area contributed by atoms with E-state index < -0.39 is 11.9 Å². The lowest BCUT2D eigenvalue weighted by Crippen LogP contribution is -2.31. The fourth-order valence-corrected chi connectivity index (χ4v) is 2.01. The van der Waals surface area contributed by atoms with E-state index in [2.05, 4.69) is 4.98 Å². The molecule has 19 heavy (non-hydrogen) atoms. The summed E-state index contributed by atoms with van der Waals surface area (Å²) in [6, 6.07) is 0.877. The minimum atomic E-state index is -4.44. The van der Waals surface area contributed by atoms with Crippen LogP contribution in [-0.4, -0.2) is 28.9 Å². The monoisotopic (exact) mass is 274 g/mol. The standard InChI is InChI=1S/C13H17F3N2O/c1-2-18(6-5-9-3-4-9)12(19)10-7-11(17-8-10)13(14,15)16/h7-9,17H,2-6H2,1H3. The number of carbonyl (C=O) groups excluding carboxylic acids is 1. The number of amides is 1. The maximum atomic E-state index is 12.5. The summed E-state index contributed by atoms with van der Waals surface area (Å²) in [5.41, 5.74) is -0.806. The van der Waals surface area contributed by atoms with Gasteiger partial charge in [-0.15, -0.1) is 0 Å². The summed E-state index contributed by atoms with van der Waals surface area (Å²) in [6.45, 7) is 2.97. The highest BCUT2D eigenvalue weighted by atomic mass is 19.4. The fraction of sp³-hybridized carbons (Fsp3) is 0.615. The van der Waals surface area contributed by atoms with Crippen LogP contribution in [0, 0.1) is 5.92 Å². The van der Waals surface area contributed by atoms with E-state index in [1.807, 2.05) is 6.92 Å². The Labute approximate surface area is 109 Å². The molecule has 1 saturated carbocycles. The van der Waals surface area contributed by atoms with E-state index in [0.29, 0.717) is 19.0 Å². The minimum Gasteiger partial charge on any atom is -0.357 e. The maximum Gasteiger partial charge on any atom is 0.431 e. The van der Waals surface area contributed by atoms with E-state index in [1.54, 1.807) is 4.90 Å². The molecule has 1 aromatic rings. The van der Waals surface area contributed by atoms with Gasteiger partial charge in [0, 0.05) is 19.3 Å². The quantitative estimate of drug-likeness (QED) is 0.878. The molecule has 0 spiro atoms. The number of carbonyl (C=O) groups is 1. The van der Waals surface area contributed by atoms with Crippen molar-refractivity contribution in [3.05, 3.63) is 23.5 Å². The van der Waals surface area contributed by atoms with Gasteiger partial charge in [0.25, 0.3) is 5.91 Å². The Morgan fingerprint density at radius 3 is 2.63 bits per heavy atom. The summed E-state index contributed by atoms with van der Waals surface area (Å²) in [7, 11) is 0. The summed E-state index contributed by atoms with van der Waals surface area (Å²) >= 11 is 0. The van der Waals surface area contributed by atoms with Crippen LogP contribution in [0.2, 0.25) is 0 Å². The Morgan fingerprint density at radius 1 is 1.47 bits per heavy atom. The van der Waals surface area contributed by atoms with Crippen molar-refractivity contribution >= 4 is 5.91 Å². The number of aromatic amines is 1. The lowest BCUT2D eigenvalue weighted by atomic mass is 10.2. The van der Waals surface area contributed by atoms with Gasteiger partial charge in [0.05, 0.1) is 5.56 Å². The largest absolute Gasteiger partial charge is 0.431 e. The predicted molar refractivity (Wildman–Crippen MR) is 64.7 cm³/mol. The number of hydrogen-bond acceptors (Lipinski definition) is 1. The first-order chi connectivity index (χ1) is 8.91. The molecule has 6 heteroatoms. The van der Waals surface area contributed by atoms with Crippen molar-refractivity contribution in [1.82, 2.24) is 9.88 Å². The third-order valence-electron chi connectivity index (χ3n) is 3.41. The van der Waals surface area contributed by atoms with Crippen molar-refractivity contribution in [2.24, 2.45) is 5.92 Å². The Hall–Kier alpha value is -1.46. The van der Waals surface area contributed by atoms with Gasteiger partial charge in [0.2, 0.25) is 0 Å². The number of aromatic nitrogens is 1. The van der Waals surface area contributed by atoms with Gasteiger partial charge >= 0.3 is 6.18 Å². The highest BCUT2D eigenvalue weighted by Crippen LogP contribution is 2.32. The van der Waals surface area contributed by atoms with Gasteiger partial charge in [-0.3, -0.25) is 4.79 Å². The zero-order valence-corrected chi connectivity index (χ0v) is 10.8. The van der Waals surface area contributed by atoms with Gasteiger partial charge in [0.15, 0.2) is 0 Å². The summed E-state index contributed by atoms with van der Waals surface area (Å²) in [6.07, 6.45) is 0.0346. The maximum absolute atomic E-state index is 12.5. The minimum absolute atomic E-state index is 0.0740. The van der Waals surface area contributed by atoms with Crippen molar-refractivity contribution in [3.63, 3.8) is 0 Å². The van der Waals surface area contributed by atoms with E-state index in [0.717, 1.165) is 18.7 Å². The van der Waals surface area contributed by atoms with Crippen molar-refractivity contribution in [2.75, 3.05) is 13.1 Å². The number of nitrogens with one attached hydrogen (secondary N) is 1. The number of hydrogen-bond donors (Lipinski definition) is 1. The molecule has 1 aliphatic carbocycles. The van der Waals surface area contributed by atoms with Gasteiger partial charge in [-0.25, -0.2) is 0 Å². The highest BCUT2D eigenvalue weighted by Gasteiger charge is 2.33. The van der Waals surface area contributed by atoms with Gasteiger partial charge in [-0.1, -0.05) is 12.8 Å². The van der Waals surface area contributed by atoms with Crippen LogP contribution in [0.4, 0.5) is 13.2 Å². The van der Waals surface area contributed by atoms with Crippen molar-refractivity contribution in [3.8, 4) is 0 Å². The molecule has 0 atom stereocenters. The summed E-state index contributed by atoms with van der Waals surface area (Å²) in [5.74, 6) is 0.355. The molecule has 0 unspecified atom stereocenters. The fourth-order valence-electron chi connectivity index (χ4n) is 2.01. The molecular formula is C13H17F3N2O. The molecular weight excluding hydrogens is 257 g/mol. The topological polar surface area (TPSA) is 36.1 Å². The van der Waals surface area contributed by atoms with Crippen molar-refractivity contribution in [1.29, 1.82) is 0 Å². The van der Waals surface area contributed by atoms with Gasteiger partial charge in [0.1, 0.15) is 5.69 Å². The first-order valence-corrected chi connectivity index (χ1v) is 6.46. The van der Waals surface area contributed by atoms with Gasteiger partial charge < -0.3 is 9.88 Å². The highest BCUT2D eigenvalue weighted by molar-refractivity contribution is 5.94. The Morgan fingerprint density at radius 2 is 2.16 bits per heavy atom. The third kappa shape index (κ3) is 3.52. The number of H-pyrrole nitrogens is 1. The number of nitrogens with zero attached hydrogens (tertiary/aromatic N) is 1. The zero-order valence-electron chi connectivity index (χ0n) is 10.8. The third-order valence-corrected chi connectivity index (χ3v) is 3.41. The number of rotatable bonds is 5. The summed E-state index contributed by atoms with van der Waals surface area (Å²) < 4.78 is 37.4. The average molecular weight is 274 g/mol. The second kappa shape index (κ2) is 5.27. The van der Waals surface area contributed by atoms with Crippen molar-refractivity contribution in [2.45, 2.75) is 32.4 Å². The first-order valence-electron chi connectivity index (χ1n) is 6.46. The van der Waals surface area contributed by atoms with Crippen LogP contribution in [0.1, 0.15) is 42.2 Å². The van der Waals surface area contributed by atoms with Crippen LogP contribution in [-0.2, 0) is 6.18 Å². The van der Waals surface area contributed by atoms with E-state index >= 15 is 0 Å². The molecule has 1 amide bonds. The first kappa shape index (κ1) is 14.0. The lowest BCUT2D eigenvalue weighted by molar-refractivity contribution is -0.140. The Bertz CT molecular complexity index is 449. The van der Waals surface area contributed by atoms with Crippen LogP contribution in [0.5, 0.6) is 0 Å². The second-order valence-electron chi connectivity index (χ2n) is 4.92. The Balaban J connectivity index is 2.01. The van der Waals surface area contributed by atoms with Crippen LogP contribution in [0.3, 0.4) is 0 Å². The number of alkyl halides is 3.